The third kappa shape index (κ3) is 24.8. The maximum atomic E-state index is 11.7. The number of hydrogen-bond acceptors (Lipinski definition) is 7. The van der Waals surface area contributed by atoms with Crippen LogP contribution in [0.3, 0.4) is 0 Å². The summed E-state index contributed by atoms with van der Waals surface area (Å²) in [6.07, 6.45) is 18.4. The highest BCUT2D eigenvalue weighted by atomic mass is 33.8. The number of carbonyl (C=O) groups is 2. The van der Waals surface area contributed by atoms with Crippen LogP contribution in [0.15, 0.2) is 0 Å². The highest BCUT2D eigenvalue weighted by molar-refractivity contribution is 9.35. The fraction of sp³-hybridized carbons (Fsp3) is 0.900. The highest BCUT2D eigenvalue weighted by Gasteiger charge is 2.04. The van der Waals surface area contributed by atoms with Gasteiger partial charge in [0.15, 0.2) is 0 Å². The molecule has 0 aromatic heterocycles. The van der Waals surface area contributed by atoms with E-state index in [0.717, 1.165) is 25.7 Å². The summed E-state index contributed by atoms with van der Waals surface area (Å²) in [5.41, 5.74) is 0. The summed E-state index contributed by atoms with van der Waals surface area (Å²) in [6.45, 7) is 4.45. The second kappa shape index (κ2) is 25.0. The van der Waals surface area contributed by atoms with Crippen molar-refractivity contribution in [3.05, 3.63) is 0 Å². The Hall–Kier alpha value is 0.690. The Morgan fingerprint density at radius 3 is 1.24 bits per heavy atom. The van der Waals surface area contributed by atoms with Gasteiger partial charge in [-0.2, -0.15) is 0 Å². The van der Waals surface area contributed by atoms with E-state index in [1.807, 2.05) is 0 Å². The van der Waals surface area contributed by atoms with Crippen LogP contribution in [0.2, 0.25) is 0 Å². The maximum absolute atomic E-state index is 11.7. The maximum Gasteiger partial charge on any atom is 0.230 e. The lowest BCUT2D eigenvalue weighted by molar-refractivity contribution is -0.120. The van der Waals surface area contributed by atoms with Crippen molar-refractivity contribution in [2.45, 2.75) is 117 Å². The topological polar surface area (TPSA) is 58.2 Å². The second-order valence-corrected chi connectivity index (χ2v) is 14.2. The Labute approximate surface area is 198 Å². The van der Waals surface area contributed by atoms with E-state index >= 15 is 0 Å². The van der Waals surface area contributed by atoms with Crippen molar-refractivity contribution in [3.8, 4) is 0 Å². The number of rotatable bonds is 22. The molecule has 9 heteroatoms. The first kappa shape index (κ1) is 29.7. The van der Waals surface area contributed by atoms with Gasteiger partial charge in [-0.1, -0.05) is 90.9 Å². The molecule has 0 aromatic rings. The van der Waals surface area contributed by atoms with E-state index in [4.69, 9.17) is 0 Å². The molecule has 172 valence electrons. The van der Waals surface area contributed by atoms with Gasteiger partial charge >= 0.3 is 0 Å². The van der Waals surface area contributed by atoms with Crippen molar-refractivity contribution in [2.75, 3.05) is 0 Å². The smallest absolute Gasteiger partial charge is 0.230 e. The standard InChI is InChI=1S/C20H40N2O2S5/c1-3-5-7-9-11-13-15-17-19(23)21-25-27-29-28-26-22-20(24)18-16-14-12-10-8-6-4-2/h3-18H2,1-2H3,(H,21,23)(H,22,24). The molecule has 4 nitrogen and oxygen atoms in total. The molecule has 0 aliphatic heterocycles. The van der Waals surface area contributed by atoms with Crippen molar-refractivity contribution in [3.63, 3.8) is 0 Å². The highest BCUT2D eigenvalue weighted by Crippen LogP contribution is 2.46. The molecule has 0 aliphatic carbocycles. The lowest BCUT2D eigenvalue weighted by atomic mass is 10.1. The SMILES string of the molecule is CCCCCCCCCC(=O)NSSSSSNC(=O)CCCCCCCCC. The van der Waals surface area contributed by atoms with Gasteiger partial charge in [-0.3, -0.25) is 19.0 Å². The largest absolute Gasteiger partial charge is 0.290 e. The summed E-state index contributed by atoms with van der Waals surface area (Å²) in [6, 6.07) is 0. The zero-order chi connectivity index (χ0) is 21.4. The van der Waals surface area contributed by atoms with Gasteiger partial charge in [0.05, 0.1) is 0 Å². The van der Waals surface area contributed by atoms with Crippen LogP contribution in [0.5, 0.6) is 0 Å². The quantitative estimate of drug-likeness (QED) is 0.0875. The Balaban J connectivity index is 3.27. The van der Waals surface area contributed by atoms with Gasteiger partial charge < -0.3 is 0 Å². The number of hydrogen-bond donors (Lipinski definition) is 2. The minimum Gasteiger partial charge on any atom is -0.290 e. The number of nitrogens with one attached hydrogen (secondary N) is 2. The molecular weight excluding hydrogens is 461 g/mol. The summed E-state index contributed by atoms with van der Waals surface area (Å²) in [5.74, 6) is 0.217. The monoisotopic (exact) mass is 500 g/mol. The minimum atomic E-state index is 0.109. The molecule has 2 amide bonds. The first-order valence-corrected chi connectivity index (χ1v) is 17.3. The van der Waals surface area contributed by atoms with Crippen LogP contribution < -0.4 is 9.44 Å². The van der Waals surface area contributed by atoms with Crippen LogP contribution >= 0.6 is 51.4 Å². The summed E-state index contributed by atoms with van der Waals surface area (Å²) in [4.78, 5) is 23.5. The van der Waals surface area contributed by atoms with E-state index in [1.54, 1.807) is 9.83 Å². The molecule has 0 atom stereocenters. The zero-order valence-electron chi connectivity index (χ0n) is 18.2. The third-order valence-corrected chi connectivity index (χ3v) is 11.8. The van der Waals surface area contributed by atoms with E-state index in [-0.39, 0.29) is 11.8 Å². The van der Waals surface area contributed by atoms with Gasteiger partial charge in [-0.05, 0) is 12.8 Å². The first-order valence-electron chi connectivity index (χ1n) is 11.1. The lowest BCUT2D eigenvalue weighted by Crippen LogP contribution is -2.13. The predicted molar refractivity (Wildman–Crippen MR) is 139 cm³/mol. The molecule has 29 heavy (non-hydrogen) atoms. The molecule has 0 saturated carbocycles. The normalized spacial score (nSPS) is 10.8. The lowest BCUT2D eigenvalue weighted by Gasteiger charge is -2.04. The van der Waals surface area contributed by atoms with E-state index in [2.05, 4.69) is 23.3 Å². The fourth-order valence-electron chi connectivity index (χ4n) is 2.75. The van der Waals surface area contributed by atoms with Crippen LogP contribution in [0.1, 0.15) is 117 Å². The van der Waals surface area contributed by atoms with E-state index < -0.39 is 0 Å². The molecule has 0 aliphatic rings. The van der Waals surface area contributed by atoms with Gasteiger partial charge in [0.1, 0.15) is 0 Å². The first-order chi connectivity index (χ1) is 14.2. The minimum absolute atomic E-state index is 0.109. The van der Waals surface area contributed by atoms with Crippen LogP contribution in [0, 0.1) is 0 Å². The Morgan fingerprint density at radius 1 is 0.517 bits per heavy atom. The average Bonchev–Trinajstić information content (AvgIpc) is 2.71. The van der Waals surface area contributed by atoms with Crippen molar-refractivity contribution in [2.24, 2.45) is 0 Å². The predicted octanol–water partition coefficient (Wildman–Crippen LogP) is 8.66. The third-order valence-electron chi connectivity index (χ3n) is 4.45. The molecule has 0 heterocycles. The molecule has 0 unspecified atom stereocenters. The molecule has 0 spiro atoms. The molecular formula is C20H40N2O2S5. The van der Waals surface area contributed by atoms with Crippen molar-refractivity contribution < 1.29 is 9.59 Å². The number of amides is 2. The van der Waals surface area contributed by atoms with Gasteiger partial charge in [0.25, 0.3) is 0 Å². The van der Waals surface area contributed by atoms with Crippen LogP contribution in [0.25, 0.3) is 0 Å². The molecule has 2 N–H and O–H groups in total. The number of unbranched alkanes of at least 4 members (excludes halogenated alkanes) is 12. The molecule has 0 aromatic carbocycles. The van der Waals surface area contributed by atoms with Gasteiger partial charge in [-0.15, -0.1) is 0 Å². The van der Waals surface area contributed by atoms with Gasteiger partial charge in [0.2, 0.25) is 11.8 Å². The summed E-state index contributed by atoms with van der Waals surface area (Å²) >= 11 is 0. The van der Waals surface area contributed by atoms with Gasteiger partial charge in [-0.25, -0.2) is 0 Å². The fourth-order valence-corrected chi connectivity index (χ4v) is 9.55. The van der Waals surface area contributed by atoms with Crippen molar-refractivity contribution in [1.29, 1.82) is 0 Å². The molecule has 0 saturated heterocycles. The average molecular weight is 501 g/mol. The Bertz CT molecular complexity index is 356. The zero-order valence-corrected chi connectivity index (χ0v) is 22.3. The van der Waals surface area contributed by atoms with Gasteiger partial charge in [0, 0.05) is 64.3 Å². The molecule has 0 fully saturated rings. The van der Waals surface area contributed by atoms with Crippen LogP contribution in [-0.2, 0) is 9.59 Å². The second-order valence-electron chi connectivity index (χ2n) is 7.16. The Morgan fingerprint density at radius 2 is 0.862 bits per heavy atom. The molecule has 0 bridgehead atoms. The molecule has 0 rings (SSSR count). The van der Waals surface area contributed by atoms with E-state index in [0.29, 0.717) is 12.8 Å². The van der Waals surface area contributed by atoms with E-state index in [9.17, 15) is 9.59 Å². The summed E-state index contributed by atoms with van der Waals surface area (Å²) in [5, 5.41) is 0. The summed E-state index contributed by atoms with van der Waals surface area (Å²) < 4.78 is 5.71. The Kier molecular flexibility index (Phi) is 25.5. The van der Waals surface area contributed by atoms with Crippen molar-refractivity contribution in [1.82, 2.24) is 9.44 Å². The van der Waals surface area contributed by atoms with Crippen LogP contribution in [0.4, 0.5) is 0 Å². The van der Waals surface area contributed by atoms with Crippen molar-refractivity contribution >= 4 is 63.3 Å². The molecule has 0 radical (unpaired) electrons. The number of carbonyl (C=O) groups excluding carboxylic acids is 2. The summed E-state index contributed by atoms with van der Waals surface area (Å²) in [7, 11) is 7.27. The van der Waals surface area contributed by atoms with Crippen LogP contribution in [-0.4, -0.2) is 11.8 Å². The van der Waals surface area contributed by atoms with E-state index in [1.165, 1.54) is 106 Å².